The number of fused-ring (bicyclic) bond motifs is 1. The molecule has 2 heterocycles. The molecule has 132 valence electrons. The fraction of sp³-hybridized carbons (Fsp3) is 0.368. The maximum absolute atomic E-state index is 12.4. The second kappa shape index (κ2) is 7.62. The molecule has 3 rings (SSSR count). The number of nitrogens with zero attached hydrogens (tertiary/aromatic N) is 1. The Balaban J connectivity index is 1.62. The van der Waals surface area contributed by atoms with Crippen LogP contribution in [0.3, 0.4) is 0 Å². The van der Waals surface area contributed by atoms with Crippen LogP contribution in [0.1, 0.15) is 34.0 Å². The van der Waals surface area contributed by atoms with E-state index in [9.17, 15) is 4.79 Å². The lowest BCUT2D eigenvalue weighted by Gasteiger charge is -2.11. The molecular weight excluding hydrogens is 352 g/mol. The number of hydrogen-bond donors (Lipinski definition) is 1. The predicted octanol–water partition coefficient (Wildman–Crippen LogP) is 4.78. The van der Waals surface area contributed by atoms with Gasteiger partial charge < -0.3 is 9.72 Å². The third-order valence-corrected chi connectivity index (χ3v) is 6.38. The predicted molar refractivity (Wildman–Crippen MR) is 107 cm³/mol. The van der Waals surface area contributed by atoms with Gasteiger partial charge in [-0.15, -0.1) is 23.1 Å². The van der Waals surface area contributed by atoms with E-state index in [1.807, 2.05) is 32.0 Å². The Hall–Kier alpha value is -1.79. The summed E-state index contributed by atoms with van der Waals surface area (Å²) >= 11 is 3.31. The molecule has 2 aromatic heterocycles. The minimum atomic E-state index is -0.0367. The van der Waals surface area contributed by atoms with Crippen molar-refractivity contribution in [2.45, 2.75) is 32.9 Å². The summed E-state index contributed by atoms with van der Waals surface area (Å²) in [6.07, 6.45) is 0. The molecule has 0 aliphatic rings. The highest BCUT2D eigenvalue weighted by Crippen LogP contribution is 2.29. The number of hydrogen-bond acceptors (Lipinski definition) is 5. The van der Waals surface area contributed by atoms with E-state index in [2.05, 4.69) is 29.9 Å². The molecule has 0 aliphatic heterocycles. The molecule has 0 spiro atoms. The zero-order valence-corrected chi connectivity index (χ0v) is 16.5. The molecule has 0 aliphatic carbocycles. The van der Waals surface area contributed by atoms with Crippen molar-refractivity contribution in [2.24, 2.45) is 0 Å². The lowest BCUT2D eigenvalue weighted by molar-refractivity contribution is 0.343. The van der Waals surface area contributed by atoms with Gasteiger partial charge >= 0.3 is 0 Å². The number of nitrogens with one attached hydrogen (secondary N) is 1. The third kappa shape index (κ3) is 4.07. The van der Waals surface area contributed by atoms with Crippen molar-refractivity contribution < 1.29 is 4.74 Å². The summed E-state index contributed by atoms with van der Waals surface area (Å²) < 4.78 is 5.78. The molecule has 1 N–H and O–H groups in total. The third-order valence-electron chi connectivity index (χ3n) is 4.15. The first-order valence-electron chi connectivity index (χ1n) is 8.26. The first kappa shape index (κ1) is 18.0. The lowest BCUT2D eigenvalue weighted by Crippen LogP contribution is -2.13. The molecule has 25 heavy (non-hydrogen) atoms. The summed E-state index contributed by atoms with van der Waals surface area (Å²) in [5.74, 6) is 2.46. The molecule has 0 saturated carbocycles. The topological polar surface area (TPSA) is 55.0 Å². The summed E-state index contributed by atoms with van der Waals surface area (Å²) in [5.41, 5.74) is 2.19. The first-order chi connectivity index (χ1) is 12.0. The van der Waals surface area contributed by atoms with Crippen LogP contribution in [-0.4, -0.2) is 22.3 Å². The minimum Gasteiger partial charge on any atom is -0.493 e. The summed E-state index contributed by atoms with van der Waals surface area (Å²) in [6, 6.07) is 8.04. The highest BCUT2D eigenvalue weighted by molar-refractivity contribution is 7.99. The van der Waals surface area contributed by atoms with Gasteiger partial charge in [0.1, 0.15) is 16.4 Å². The van der Waals surface area contributed by atoms with Gasteiger partial charge in [-0.25, -0.2) is 4.98 Å². The van der Waals surface area contributed by atoms with Crippen LogP contribution in [-0.2, 0) is 0 Å². The SMILES string of the molecule is Cc1cccc(OCCSC(C)c2nc3sc(C)c(C)c3c(=O)[nH]2)c1. The van der Waals surface area contributed by atoms with Crippen molar-refractivity contribution in [3.05, 3.63) is 56.4 Å². The number of rotatable bonds is 6. The van der Waals surface area contributed by atoms with Crippen LogP contribution >= 0.6 is 23.1 Å². The molecular formula is C19H22N2O2S2. The zero-order valence-electron chi connectivity index (χ0n) is 14.9. The molecule has 3 aromatic rings. The molecule has 0 radical (unpaired) electrons. The second-order valence-electron chi connectivity index (χ2n) is 6.09. The highest BCUT2D eigenvalue weighted by Gasteiger charge is 2.15. The van der Waals surface area contributed by atoms with Gasteiger partial charge in [0.2, 0.25) is 0 Å². The monoisotopic (exact) mass is 374 g/mol. The molecule has 0 fully saturated rings. The molecule has 6 heteroatoms. The number of aryl methyl sites for hydroxylation is 3. The van der Waals surface area contributed by atoms with E-state index < -0.39 is 0 Å². The normalized spacial score (nSPS) is 12.5. The highest BCUT2D eigenvalue weighted by atomic mass is 32.2. The second-order valence-corrected chi connectivity index (χ2v) is 8.74. The minimum absolute atomic E-state index is 0.0367. The maximum Gasteiger partial charge on any atom is 0.259 e. The van der Waals surface area contributed by atoms with Crippen LogP contribution in [0, 0.1) is 20.8 Å². The molecule has 0 amide bonds. The number of thiophene rings is 1. The zero-order chi connectivity index (χ0) is 18.0. The molecule has 1 unspecified atom stereocenters. The number of aromatic nitrogens is 2. The number of H-pyrrole nitrogens is 1. The Labute approximate surface area is 155 Å². The van der Waals surface area contributed by atoms with E-state index in [1.54, 1.807) is 23.1 Å². The Morgan fingerprint density at radius 3 is 2.88 bits per heavy atom. The summed E-state index contributed by atoms with van der Waals surface area (Å²) in [6.45, 7) is 8.75. The first-order valence-corrected chi connectivity index (χ1v) is 10.1. The van der Waals surface area contributed by atoms with Crippen molar-refractivity contribution in [1.29, 1.82) is 0 Å². The number of thioether (sulfide) groups is 1. The Kier molecular flexibility index (Phi) is 5.49. The van der Waals surface area contributed by atoms with Crippen molar-refractivity contribution >= 4 is 33.3 Å². The van der Waals surface area contributed by atoms with Gasteiger partial charge in [-0.05, 0) is 51.0 Å². The lowest BCUT2D eigenvalue weighted by atomic mass is 10.2. The van der Waals surface area contributed by atoms with Crippen LogP contribution in [0.15, 0.2) is 29.1 Å². The maximum atomic E-state index is 12.4. The fourth-order valence-corrected chi connectivity index (χ4v) is 4.47. The Morgan fingerprint density at radius 1 is 1.32 bits per heavy atom. The Morgan fingerprint density at radius 2 is 2.12 bits per heavy atom. The number of benzene rings is 1. The van der Waals surface area contributed by atoms with Gasteiger partial charge in [0, 0.05) is 10.6 Å². The van der Waals surface area contributed by atoms with Crippen molar-refractivity contribution in [2.75, 3.05) is 12.4 Å². The van der Waals surface area contributed by atoms with Crippen LogP contribution in [0.4, 0.5) is 0 Å². The molecule has 0 saturated heterocycles. The van der Waals surface area contributed by atoms with E-state index in [0.29, 0.717) is 6.61 Å². The summed E-state index contributed by atoms with van der Waals surface area (Å²) in [5, 5.41) is 0.840. The number of ether oxygens (including phenoxy) is 1. The molecule has 1 aromatic carbocycles. The summed E-state index contributed by atoms with van der Waals surface area (Å²) in [7, 11) is 0. The van der Waals surface area contributed by atoms with Crippen LogP contribution in [0.5, 0.6) is 5.75 Å². The molecule has 0 bridgehead atoms. The van der Waals surface area contributed by atoms with E-state index in [0.717, 1.165) is 38.0 Å². The average molecular weight is 375 g/mol. The molecule has 1 atom stereocenters. The average Bonchev–Trinajstić information content (AvgIpc) is 2.86. The van der Waals surface area contributed by atoms with E-state index in [4.69, 9.17) is 4.74 Å². The van der Waals surface area contributed by atoms with Crippen molar-refractivity contribution in [3.63, 3.8) is 0 Å². The van der Waals surface area contributed by atoms with E-state index in [1.165, 1.54) is 5.56 Å². The Bertz CT molecular complexity index is 946. The van der Waals surface area contributed by atoms with Gasteiger partial charge in [-0.2, -0.15) is 0 Å². The van der Waals surface area contributed by atoms with Gasteiger partial charge in [0.25, 0.3) is 5.56 Å². The fourth-order valence-electron chi connectivity index (χ4n) is 2.63. The van der Waals surface area contributed by atoms with Gasteiger partial charge in [-0.1, -0.05) is 12.1 Å². The molecule has 4 nitrogen and oxygen atoms in total. The summed E-state index contributed by atoms with van der Waals surface area (Å²) in [4.78, 5) is 22.0. The van der Waals surface area contributed by atoms with E-state index >= 15 is 0 Å². The van der Waals surface area contributed by atoms with Crippen LogP contribution in [0.2, 0.25) is 0 Å². The van der Waals surface area contributed by atoms with Gasteiger partial charge in [0.15, 0.2) is 0 Å². The quantitative estimate of drug-likeness (QED) is 0.631. The smallest absolute Gasteiger partial charge is 0.259 e. The number of aromatic amines is 1. The van der Waals surface area contributed by atoms with Crippen molar-refractivity contribution in [1.82, 2.24) is 9.97 Å². The van der Waals surface area contributed by atoms with Gasteiger partial charge in [-0.3, -0.25) is 4.79 Å². The largest absolute Gasteiger partial charge is 0.493 e. The van der Waals surface area contributed by atoms with E-state index in [-0.39, 0.29) is 10.8 Å². The van der Waals surface area contributed by atoms with Gasteiger partial charge in [0.05, 0.1) is 17.2 Å². The van der Waals surface area contributed by atoms with Crippen molar-refractivity contribution in [3.8, 4) is 5.75 Å². The van der Waals surface area contributed by atoms with Crippen LogP contribution in [0.25, 0.3) is 10.2 Å². The van der Waals surface area contributed by atoms with Crippen LogP contribution < -0.4 is 10.3 Å². The standard InChI is InChI=1S/C19H22N2O2S2/c1-11-6-5-7-15(10-11)23-8-9-24-14(4)17-20-18(22)16-12(2)13(3)25-19(16)21-17/h5-7,10,14H,8-9H2,1-4H3,(H,20,21,22).